The number of carbonyl (C=O) groups excluding carboxylic acids is 1. The van der Waals surface area contributed by atoms with E-state index >= 15 is 0 Å². The van der Waals surface area contributed by atoms with Crippen LogP contribution >= 0.6 is 0 Å². The Morgan fingerprint density at radius 2 is 1.94 bits per heavy atom. The number of hydrogen-bond donors (Lipinski definition) is 2. The lowest BCUT2D eigenvalue weighted by Gasteiger charge is -2.25. The highest BCUT2D eigenvalue weighted by molar-refractivity contribution is 5.93. The second-order valence-electron chi connectivity index (χ2n) is 8.34. The third-order valence-electron chi connectivity index (χ3n) is 6.14. The molecule has 4 heterocycles. The Labute approximate surface area is 190 Å². The van der Waals surface area contributed by atoms with E-state index in [1.165, 1.54) is 0 Å². The van der Waals surface area contributed by atoms with Crippen LogP contribution < -0.4 is 14.8 Å². The first kappa shape index (κ1) is 19.5. The van der Waals surface area contributed by atoms with Crippen LogP contribution in [-0.4, -0.2) is 27.7 Å². The summed E-state index contributed by atoms with van der Waals surface area (Å²) in [5, 5.41) is 10.5. The van der Waals surface area contributed by atoms with Gasteiger partial charge < -0.3 is 14.8 Å². The predicted molar refractivity (Wildman–Crippen MR) is 124 cm³/mol. The van der Waals surface area contributed by atoms with Gasteiger partial charge in [-0.05, 0) is 54.3 Å². The lowest BCUT2D eigenvalue weighted by atomic mass is 9.93. The summed E-state index contributed by atoms with van der Waals surface area (Å²) in [6.45, 7) is 0.587. The normalized spacial score (nSPS) is 16.8. The van der Waals surface area contributed by atoms with Crippen molar-refractivity contribution in [1.82, 2.24) is 15.2 Å². The number of aromatic nitrogens is 3. The van der Waals surface area contributed by atoms with E-state index in [4.69, 9.17) is 9.47 Å². The highest BCUT2D eigenvalue weighted by atomic mass is 16.5. The Morgan fingerprint density at radius 1 is 1.03 bits per heavy atom. The Balaban J connectivity index is 1.23. The zero-order chi connectivity index (χ0) is 22.2. The van der Waals surface area contributed by atoms with E-state index in [-0.39, 0.29) is 11.8 Å². The molecule has 1 amide bonds. The maximum absolute atomic E-state index is 11.7. The predicted octanol–water partition coefficient (Wildman–Crippen LogP) is 4.87. The largest absolute Gasteiger partial charge is 0.493 e. The summed E-state index contributed by atoms with van der Waals surface area (Å²) in [6.07, 6.45) is 3.52. The standard InChI is InChI=1S/C26H22N4O3/c31-25-9-7-20-24(10-11-27-26(20)28-25)33-19-6-8-23-17(13-19)12-18(15-32-23)22-14-21(29-30-22)16-4-2-1-3-5-16/h1-6,8,10-11,13-14,18H,7,9,12,15H2,(H,29,30)(H,27,28,31). The van der Waals surface area contributed by atoms with Crippen molar-refractivity contribution in [2.24, 2.45) is 0 Å². The average Bonchev–Trinajstić information content (AvgIpc) is 3.35. The number of anilines is 1. The minimum absolute atomic E-state index is 0.0158. The fourth-order valence-corrected chi connectivity index (χ4v) is 4.42. The van der Waals surface area contributed by atoms with E-state index in [1.807, 2.05) is 42.5 Å². The number of aromatic amines is 1. The van der Waals surface area contributed by atoms with Crippen molar-refractivity contribution in [3.05, 3.63) is 83.7 Å². The summed E-state index contributed by atoms with van der Waals surface area (Å²) in [5.41, 5.74) is 5.12. The Kier molecular flexibility index (Phi) is 4.79. The van der Waals surface area contributed by atoms with Crippen molar-refractivity contribution in [2.75, 3.05) is 11.9 Å². The van der Waals surface area contributed by atoms with Gasteiger partial charge in [0.25, 0.3) is 0 Å². The van der Waals surface area contributed by atoms with E-state index in [2.05, 4.69) is 38.7 Å². The number of amides is 1. The fourth-order valence-electron chi connectivity index (χ4n) is 4.42. The van der Waals surface area contributed by atoms with Crippen LogP contribution in [0.2, 0.25) is 0 Å². The van der Waals surface area contributed by atoms with Gasteiger partial charge in [0.05, 0.1) is 18.0 Å². The second-order valence-corrected chi connectivity index (χ2v) is 8.34. The second kappa shape index (κ2) is 8.09. The summed E-state index contributed by atoms with van der Waals surface area (Å²) in [4.78, 5) is 15.9. The van der Waals surface area contributed by atoms with Crippen LogP contribution in [0.15, 0.2) is 66.9 Å². The van der Waals surface area contributed by atoms with Gasteiger partial charge in [0.1, 0.15) is 23.1 Å². The summed E-state index contributed by atoms with van der Waals surface area (Å²) in [7, 11) is 0. The van der Waals surface area contributed by atoms with Gasteiger partial charge in [-0.2, -0.15) is 5.10 Å². The van der Waals surface area contributed by atoms with Crippen LogP contribution in [-0.2, 0) is 17.6 Å². The van der Waals surface area contributed by atoms with E-state index < -0.39 is 0 Å². The van der Waals surface area contributed by atoms with Gasteiger partial charge in [-0.25, -0.2) is 4.98 Å². The summed E-state index contributed by atoms with van der Waals surface area (Å²) in [5.74, 6) is 3.05. The Hall–Kier alpha value is -4.13. The molecule has 0 bridgehead atoms. The van der Waals surface area contributed by atoms with Crippen LogP contribution in [0, 0.1) is 0 Å². The van der Waals surface area contributed by atoms with E-state index in [9.17, 15) is 4.79 Å². The van der Waals surface area contributed by atoms with Gasteiger partial charge in [-0.15, -0.1) is 0 Å². The Morgan fingerprint density at radius 3 is 2.85 bits per heavy atom. The van der Waals surface area contributed by atoms with Crippen molar-refractivity contribution in [3.8, 4) is 28.5 Å². The fraction of sp³-hybridized carbons (Fsp3) is 0.192. The maximum atomic E-state index is 11.7. The minimum Gasteiger partial charge on any atom is -0.493 e. The molecular formula is C26H22N4O3. The third-order valence-corrected chi connectivity index (χ3v) is 6.14. The molecule has 7 heteroatoms. The molecule has 164 valence electrons. The van der Waals surface area contributed by atoms with Gasteiger partial charge in [0.2, 0.25) is 5.91 Å². The van der Waals surface area contributed by atoms with Gasteiger partial charge in [0.15, 0.2) is 0 Å². The average molecular weight is 438 g/mol. The smallest absolute Gasteiger partial charge is 0.225 e. The van der Waals surface area contributed by atoms with E-state index in [0.717, 1.165) is 46.0 Å². The molecule has 2 aliphatic heterocycles. The first-order valence-electron chi connectivity index (χ1n) is 11.0. The van der Waals surface area contributed by atoms with Crippen LogP contribution in [0.25, 0.3) is 11.3 Å². The molecule has 2 aliphatic rings. The number of carbonyl (C=O) groups is 1. The molecule has 0 fully saturated rings. The molecule has 0 spiro atoms. The zero-order valence-corrected chi connectivity index (χ0v) is 17.9. The quantitative estimate of drug-likeness (QED) is 0.475. The van der Waals surface area contributed by atoms with Gasteiger partial charge in [-0.3, -0.25) is 9.89 Å². The Bertz CT molecular complexity index is 1330. The number of nitrogens with one attached hydrogen (secondary N) is 2. The van der Waals surface area contributed by atoms with Gasteiger partial charge in [0, 0.05) is 24.1 Å². The van der Waals surface area contributed by atoms with Crippen molar-refractivity contribution < 1.29 is 14.3 Å². The SMILES string of the molecule is O=C1CCc2c(Oc3ccc4c(c3)CC(c3cc(-c5ccccc5)[nH]n3)CO4)ccnc2N1. The zero-order valence-electron chi connectivity index (χ0n) is 17.9. The molecule has 0 saturated carbocycles. The van der Waals surface area contributed by atoms with Crippen LogP contribution in [0.5, 0.6) is 17.2 Å². The molecule has 0 radical (unpaired) electrons. The molecule has 0 aliphatic carbocycles. The lowest BCUT2D eigenvalue weighted by molar-refractivity contribution is -0.116. The number of hydrogen-bond acceptors (Lipinski definition) is 5. The van der Waals surface area contributed by atoms with E-state index in [0.29, 0.717) is 31.0 Å². The monoisotopic (exact) mass is 438 g/mol. The molecule has 33 heavy (non-hydrogen) atoms. The van der Waals surface area contributed by atoms with Gasteiger partial charge in [-0.1, -0.05) is 30.3 Å². The van der Waals surface area contributed by atoms with E-state index in [1.54, 1.807) is 6.20 Å². The first-order valence-corrected chi connectivity index (χ1v) is 11.0. The molecule has 7 nitrogen and oxygen atoms in total. The van der Waals surface area contributed by atoms with Crippen LogP contribution in [0.1, 0.15) is 29.2 Å². The molecule has 2 aromatic carbocycles. The minimum atomic E-state index is -0.0158. The number of rotatable bonds is 4. The molecule has 0 saturated heterocycles. The van der Waals surface area contributed by atoms with Crippen molar-refractivity contribution >= 4 is 11.7 Å². The lowest BCUT2D eigenvalue weighted by Crippen LogP contribution is -2.20. The molecule has 2 aromatic heterocycles. The molecule has 6 rings (SSSR count). The molecule has 1 unspecified atom stereocenters. The van der Waals surface area contributed by atoms with Gasteiger partial charge >= 0.3 is 0 Å². The molecular weight excluding hydrogens is 416 g/mol. The van der Waals surface area contributed by atoms with Crippen LogP contribution in [0.4, 0.5) is 5.82 Å². The molecule has 2 N–H and O–H groups in total. The highest BCUT2D eigenvalue weighted by Crippen LogP contribution is 2.38. The number of H-pyrrole nitrogens is 1. The number of pyridine rings is 1. The van der Waals surface area contributed by atoms with Crippen LogP contribution in [0.3, 0.4) is 0 Å². The maximum Gasteiger partial charge on any atom is 0.225 e. The number of ether oxygens (including phenoxy) is 2. The third kappa shape index (κ3) is 3.82. The topological polar surface area (TPSA) is 89.1 Å². The summed E-state index contributed by atoms with van der Waals surface area (Å²) in [6, 6.07) is 20.0. The van der Waals surface area contributed by atoms with Crippen molar-refractivity contribution in [3.63, 3.8) is 0 Å². The number of nitrogens with zero attached hydrogens (tertiary/aromatic N) is 2. The van der Waals surface area contributed by atoms with Crippen molar-refractivity contribution in [2.45, 2.75) is 25.2 Å². The summed E-state index contributed by atoms with van der Waals surface area (Å²) >= 11 is 0. The number of benzene rings is 2. The molecule has 4 aromatic rings. The highest BCUT2D eigenvalue weighted by Gasteiger charge is 2.25. The van der Waals surface area contributed by atoms with Crippen molar-refractivity contribution in [1.29, 1.82) is 0 Å². The summed E-state index contributed by atoms with van der Waals surface area (Å²) < 4.78 is 12.3. The number of fused-ring (bicyclic) bond motifs is 2. The molecule has 1 atom stereocenters. The first-order chi connectivity index (χ1) is 16.2.